The van der Waals surface area contributed by atoms with Crippen LogP contribution in [0.5, 0.6) is 0 Å². The number of nitrogens with one attached hydrogen (secondary N) is 2. The number of likely N-dealkylation sites (tertiary alicyclic amines) is 1. The molecule has 0 aliphatic carbocycles. The lowest BCUT2D eigenvalue weighted by molar-refractivity contribution is 0.0779. The molecule has 0 unspecified atom stereocenters. The van der Waals surface area contributed by atoms with Crippen LogP contribution in [0.4, 0.5) is 0 Å². The van der Waals surface area contributed by atoms with E-state index in [1.807, 2.05) is 4.90 Å². The van der Waals surface area contributed by atoms with Gasteiger partial charge in [0.05, 0.1) is 0 Å². The molecule has 2 saturated heterocycles. The summed E-state index contributed by atoms with van der Waals surface area (Å²) in [5.41, 5.74) is 0.164. The van der Waals surface area contributed by atoms with Crippen molar-refractivity contribution in [3.8, 4) is 0 Å². The Morgan fingerprint density at radius 1 is 1.33 bits per heavy atom. The van der Waals surface area contributed by atoms with E-state index in [1.54, 1.807) is 12.1 Å². The van der Waals surface area contributed by atoms with Crippen molar-refractivity contribution in [2.24, 2.45) is 5.92 Å². The molecule has 0 aromatic carbocycles. The Kier molecular flexibility index (Phi) is 2.91. The lowest BCUT2D eigenvalue weighted by atomic mass is 9.94. The summed E-state index contributed by atoms with van der Waals surface area (Å²) in [7, 11) is 0. The molecule has 0 bridgehead atoms. The smallest absolute Gasteiger partial charge is 0.270 e. The van der Waals surface area contributed by atoms with E-state index in [9.17, 15) is 9.59 Å². The van der Waals surface area contributed by atoms with Crippen molar-refractivity contribution >= 4 is 5.91 Å². The molecule has 2 aliphatic rings. The number of hydrogen-bond donors (Lipinski definition) is 2. The average molecular weight is 247 g/mol. The minimum Gasteiger partial charge on any atom is -0.335 e. The molecule has 0 saturated carbocycles. The third-order valence-electron chi connectivity index (χ3n) is 3.89. The molecule has 2 fully saturated rings. The van der Waals surface area contributed by atoms with Gasteiger partial charge in [0.1, 0.15) is 5.69 Å². The number of fused-ring (bicyclic) bond motifs is 1. The number of aromatic nitrogens is 1. The topological polar surface area (TPSA) is 65.2 Å². The van der Waals surface area contributed by atoms with Gasteiger partial charge in [-0.15, -0.1) is 0 Å². The number of hydrogen-bond acceptors (Lipinski definition) is 3. The Labute approximate surface area is 105 Å². The number of H-pyrrole nitrogens is 1. The Balaban J connectivity index is 1.76. The summed E-state index contributed by atoms with van der Waals surface area (Å²) < 4.78 is 0. The van der Waals surface area contributed by atoms with Crippen molar-refractivity contribution in [3.05, 3.63) is 34.2 Å². The van der Waals surface area contributed by atoms with Crippen LogP contribution in [0.1, 0.15) is 23.3 Å². The molecule has 1 aromatic heterocycles. The van der Waals surface area contributed by atoms with Gasteiger partial charge in [0.2, 0.25) is 5.56 Å². The van der Waals surface area contributed by atoms with E-state index in [0.29, 0.717) is 17.7 Å². The number of rotatable bonds is 1. The van der Waals surface area contributed by atoms with Crippen LogP contribution >= 0.6 is 0 Å². The summed E-state index contributed by atoms with van der Waals surface area (Å²) >= 11 is 0. The summed E-state index contributed by atoms with van der Waals surface area (Å²) in [6.07, 6.45) is 2.37. The predicted octanol–water partition coefficient (Wildman–Crippen LogP) is 0.199. The Bertz CT molecular complexity index is 497. The zero-order valence-electron chi connectivity index (χ0n) is 10.2. The molecule has 2 atom stereocenters. The number of pyridine rings is 1. The van der Waals surface area contributed by atoms with Crippen LogP contribution in [0.25, 0.3) is 0 Å². The lowest BCUT2D eigenvalue weighted by Gasteiger charge is -2.24. The Hall–Kier alpha value is -1.62. The SMILES string of the molecule is O=C(c1cccc(=O)[nH]1)N1C[C@@H]2CCCN[C@@H]2C1. The zero-order chi connectivity index (χ0) is 12.5. The monoisotopic (exact) mass is 247 g/mol. The highest BCUT2D eigenvalue weighted by molar-refractivity contribution is 5.92. The number of aromatic amines is 1. The molecule has 0 spiro atoms. The maximum Gasteiger partial charge on any atom is 0.270 e. The van der Waals surface area contributed by atoms with Gasteiger partial charge in [-0.2, -0.15) is 0 Å². The Morgan fingerprint density at radius 3 is 3.00 bits per heavy atom. The number of piperidine rings is 1. The van der Waals surface area contributed by atoms with E-state index >= 15 is 0 Å². The molecule has 18 heavy (non-hydrogen) atoms. The first-order valence-electron chi connectivity index (χ1n) is 6.46. The van der Waals surface area contributed by atoms with Crippen LogP contribution in [-0.4, -0.2) is 41.5 Å². The van der Waals surface area contributed by atoms with E-state index in [2.05, 4.69) is 10.3 Å². The largest absolute Gasteiger partial charge is 0.335 e. The summed E-state index contributed by atoms with van der Waals surface area (Å²) in [6, 6.07) is 5.13. The number of carbonyl (C=O) groups is 1. The van der Waals surface area contributed by atoms with Gasteiger partial charge in [-0.05, 0) is 31.4 Å². The molecular weight excluding hydrogens is 230 g/mol. The van der Waals surface area contributed by atoms with Gasteiger partial charge in [0.25, 0.3) is 5.91 Å². The fourth-order valence-corrected chi connectivity index (χ4v) is 2.96. The highest BCUT2D eigenvalue weighted by Gasteiger charge is 2.36. The molecule has 3 heterocycles. The van der Waals surface area contributed by atoms with Gasteiger partial charge in [0.15, 0.2) is 0 Å². The summed E-state index contributed by atoms with van der Waals surface area (Å²) in [6.45, 7) is 2.60. The Morgan fingerprint density at radius 2 is 2.22 bits per heavy atom. The van der Waals surface area contributed by atoms with Crippen LogP contribution < -0.4 is 10.9 Å². The third-order valence-corrected chi connectivity index (χ3v) is 3.89. The molecule has 1 amide bonds. The summed E-state index contributed by atoms with van der Waals surface area (Å²) in [5, 5.41) is 3.46. The maximum atomic E-state index is 12.3. The number of nitrogens with zero attached hydrogens (tertiary/aromatic N) is 1. The van der Waals surface area contributed by atoms with Crippen molar-refractivity contribution in [2.75, 3.05) is 19.6 Å². The van der Waals surface area contributed by atoms with Crippen molar-refractivity contribution in [1.29, 1.82) is 0 Å². The molecule has 1 aromatic rings. The first-order valence-corrected chi connectivity index (χ1v) is 6.46. The van der Waals surface area contributed by atoms with Gasteiger partial charge in [0, 0.05) is 25.2 Å². The first kappa shape index (κ1) is 11.5. The van der Waals surface area contributed by atoms with Gasteiger partial charge in [-0.25, -0.2) is 0 Å². The van der Waals surface area contributed by atoms with Gasteiger partial charge in [-0.3, -0.25) is 9.59 Å². The normalized spacial score (nSPS) is 27.0. The second-order valence-electron chi connectivity index (χ2n) is 5.10. The molecule has 5 nitrogen and oxygen atoms in total. The quantitative estimate of drug-likeness (QED) is 0.745. The standard InChI is InChI=1S/C13H17N3O2/c17-12-5-1-4-10(15-12)13(18)16-7-9-3-2-6-14-11(9)8-16/h1,4-5,9,11,14H,2-3,6-8H2,(H,15,17)/t9-,11+/m0/s1. The first-order chi connectivity index (χ1) is 8.74. The van der Waals surface area contributed by atoms with Crippen molar-refractivity contribution < 1.29 is 4.79 Å². The second kappa shape index (κ2) is 4.57. The fourth-order valence-electron chi connectivity index (χ4n) is 2.96. The van der Waals surface area contributed by atoms with Crippen molar-refractivity contribution in [1.82, 2.24) is 15.2 Å². The minimum absolute atomic E-state index is 0.0658. The summed E-state index contributed by atoms with van der Waals surface area (Å²) in [4.78, 5) is 27.9. The number of carbonyl (C=O) groups excluding carboxylic acids is 1. The van der Waals surface area contributed by atoms with Crippen LogP contribution in [0, 0.1) is 5.92 Å². The van der Waals surface area contributed by atoms with Crippen molar-refractivity contribution in [2.45, 2.75) is 18.9 Å². The highest BCUT2D eigenvalue weighted by Crippen LogP contribution is 2.25. The molecule has 5 heteroatoms. The minimum atomic E-state index is -0.226. The fraction of sp³-hybridized carbons (Fsp3) is 0.538. The van der Waals surface area contributed by atoms with Crippen LogP contribution in [0.2, 0.25) is 0 Å². The van der Waals surface area contributed by atoms with E-state index in [0.717, 1.165) is 19.6 Å². The van der Waals surface area contributed by atoms with E-state index in [1.165, 1.54) is 18.9 Å². The molecule has 96 valence electrons. The second-order valence-corrected chi connectivity index (χ2v) is 5.10. The predicted molar refractivity (Wildman–Crippen MR) is 67.5 cm³/mol. The van der Waals surface area contributed by atoms with Gasteiger partial charge < -0.3 is 15.2 Å². The highest BCUT2D eigenvalue weighted by atomic mass is 16.2. The number of amides is 1. The van der Waals surface area contributed by atoms with Crippen LogP contribution in [-0.2, 0) is 0 Å². The van der Waals surface area contributed by atoms with Crippen LogP contribution in [0.15, 0.2) is 23.0 Å². The molecule has 2 aliphatic heterocycles. The van der Waals surface area contributed by atoms with Crippen LogP contribution in [0.3, 0.4) is 0 Å². The van der Waals surface area contributed by atoms with E-state index < -0.39 is 0 Å². The average Bonchev–Trinajstić information content (AvgIpc) is 2.81. The molecule has 3 rings (SSSR count). The molecule has 0 radical (unpaired) electrons. The van der Waals surface area contributed by atoms with Gasteiger partial charge >= 0.3 is 0 Å². The molecular formula is C13H17N3O2. The summed E-state index contributed by atoms with van der Waals surface area (Å²) in [5.74, 6) is 0.502. The van der Waals surface area contributed by atoms with Gasteiger partial charge in [-0.1, -0.05) is 6.07 Å². The molecule has 2 N–H and O–H groups in total. The van der Waals surface area contributed by atoms with Crippen molar-refractivity contribution in [3.63, 3.8) is 0 Å². The van der Waals surface area contributed by atoms with E-state index in [4.69, 9.17) is 0 Å². The third kappa shape index (κ3) is 2.06. The zero-order valence-corrected chi connectivity index (χ0v) is 10.2. The maximum absolute atomic E-state index is 12.3. The van der Waals surface area contributed by atoms with E-state index in [-0.39, 0.29) is 11.5 Å². The lowest BCUT2D eigenvalue weighted by Crippen LogP contribution is -2.41.